The molecular formula is C15H12O4. The molecule has 3 rings (SSSR count). The van der Waals surface area contributed by atoms with Crippen LogP contribution in [0.3, 0.4) is 0 Å². The molecule has 2 heterocycles. The molecule has 0 amide bonds. The summed E-state index contributed by atoms with van der Waals surface area (Å²) in [6.07, 6.45) is 1.56. The molecule has 0 unspecified atom stereocenters. The number of fused-ring (bicyclic) bond motifs is 1. The summed E-state index contributed by atoms with van der Waals surface area (Å²) >= 11 is 0. The lowest BCUT2D eigenvalue weighted by atomic mass is 10.1. The van der Waals surface area contributed by atoms with Crippen molar-refractivity contribution in [3.8, 4) is 11.5 Å². The molecule has 0 bridgehead atoms. The van der Waals surface area contributed by atoms with Crippen molar-refractivity contribution in [2.24, 2.45) is 0 Å². The summed E-state index contributed by atoms with van der Waals surface area (Å²) in [6.45, 7) is 3.54. The Kier molecular flexibility index (Phi) is 2.45. The average Bonchev–Trinajstić information content (AvgIpc) is 2.91. The van der Waals surface area contributed by atoms with Gasteiger partial charge in [-0.25, -0.2) is 0 Å². The molecule has 0 saturated carbocycles. The number of carbonyl (C=O) groups is 1. The summed E-state index contributed by atoms with van der Waals surface area (Å²) in [5, 5.41) is 9.62. The van der Waals surface area contributed by atoms with Gasteiger partial charge in [0.2, 0.25) is 5.78 Å². The minimum atomic E-state index is -0.202. The van der Waals surface area contributed by atoms with Gasteiger partial charge in [-0.2, -0.15) is 0 Å². The first-order valence-electron chi connectivity index (χ1n) is 5.89. The molecule has 19 heavy (non-hydrogen) atoms. The molecule has 4 heteroatoms. The van der Waals surface area contributed by atoms with Gasteiger partial charge in [0.15, 0.2) is 5.76 Å². The van der Waals surface area contributed by atoms with E-state index in [1.165, 1.54) is 6.07 Å². The molecule has 1 aromatic carbocycles. The Labute approximate surface area is 109 Å². The summed E-state index contributed by atoms with van der Waals surface area (Å²) in [5.74, 6) is 1.87. The zero-order valence-electron chi connectivity index (χ0n) is 10.6. The zero-order chi connectivity index (χ0) is 13.6. The van der Waals surface area contributed by atoms with E-state index in [2.05, 4.69) is 0 Å². The van der Waals surface area contributed by atoms with Crippen molar-refractivity contribution >= 4 is 11.9 Å². The molecule has 0 fully saturated rings. The van der Waals surface area contributed by atoms with Crippen LogP contribution >= 0.6 is 0 Å². The predicted octanol–water partition coefficient (Wildman–Crippen LogP) is 3.22. The summed E-state index contributed by atoms with van der Waals surface area (Å²) in [5.41, 5.74) is 1.02. The van der Waals surface area contributed by atoms with Gasteiger partial charge in [-0.15, -0.1) is 0 Å². The Hall–Kier alpha value is -2.49. The fourth-order valence-electron chi connectivity index (χ4n) is 2.04. The average molecular weight is 256 g/mol. The Bertz CT molecular complexity index is 707. The third-order valence-electron chi connectivity index (χ3n) is 3.09. The van der Waals surface area contributed by atoms with Gasteiger partial charge in [0, 0.05) is 11.6 Å². The van der Waals surface area contributed by atoms with Crippen molar-refractivity contribution in [2.45, 2.75) is 13.8 Å². The Balaban J connectivity index is 2.04. The number of benzene rings is 1. The molecule has 2 aromatic rings. The predicted molar refractivity (Wildman–Crippen MR) is 69.2 cm³/mol. The van der Waals surface area contributed by atoms with E-state index >= 15 is 0 Å². The topological polar surface area (TPSA) is 59.7 Å². The molecule has 0 aliphatic carbocycles. The van der Waals surface area contributed by atoms with Crippen molar-refractivity contribution in [3.63, 3.8) is 0 Å². The minimum absolute atomic E-state index is 0.113. The fraction of sp³-hybridized carbons (Fsp3) is 0.133. The standard InChI is InChI=1S/C15H12O4/c1-8-3-4-10(18-8)7-13-14(17)11-5-6-12(16)9(2)15(11)19-13/h3-7,16H,1-2H3/b13-7-. The van der Waals surface area contributed by atoms with Crippen LogP contribution in [0.5, 0.6) is 11.5 Å². The number of hydrogen-bond acceptors (Lipinski definition) is 4. The molecule has 96 valence electrons. The highest BCUT2D eigenvalue weighted by molar-refractivity contribution is 6.14. The van der Waals surface area contributed by atoms with Crippen LogP contribution in [0.1, 0.15) is 27.4 Å². The van der Waals surface area contributed by atoms with Gasteiger partial charge in [0.25, 0.3) is 0 Å². The molecule has 1 N–H and O–H groups in total. The van der Waals surface area contributed by atoms with E-state index < -0.39 is 0 Å². The van der Waals surface area contributed by atoms with E-state index in [0.717, 1.165) is 5.76 Å². The van der Waals surface area contributed by atoms with Crippen LogP contribution in [0.25, 0.3) is 6.08 Å². The highest BCUT2D eigenvalue weighted by Gasteiger charge is 2.30. The molecule has 1 aliphatic rings. The molecule has 4 nitrogen and oxygen atoms in total. The smallest absolute Gasteiger partial charge is 0.232 e. The van der Waals surface area contributed by atoms with E-state index in [0.29, 0.717) is 22.6 Å². The van der Waals surface area contributed by atoms with Crippen LogP contribution < -0.4 is 4.74 Å². The van der Waals surface area contributed by atoms with Crippen molar-refractivity contribution in [1.82, 2.24) is 0 Å². The second-order valence-corrected chi connectivity index (χ2v) is 4.47. The lowest BCUT2D eigenvalue weighted by molar-refractivity contribution is 0.101. The number of Topliss-reactive ketones (excluding diaryl/α,β-unsaturated/α-hetero) is 1. The van der Waals surface area contributed by atoms with Crippen LogP contribution in [0.4, 0.5) is 0 Å². The van der Waals surface area contributed by atoms with Crippen molar-refractivity contribution in [3.05, 3.63) is 52.7 Å². The first-order valence-corrected chi connectivity index (χ1v) is 5.89. The summed E-state index contributed by atoms with van der Waals surface area (Å²) < 4.78 is 10.9. The lowest BCUT2D eigenvalue weighted by Gasteiger charge is -2.03. The number of ether oxygens (including phenoxy) is 1. The number of allylic oxidation sites excluding steroid dienone is 1. The maximum Gasteiger partial charge on any atom is 0.232 e. The monoisotopic (exact) mass is 256 g/mol. The van der Waals surface area contributed by atoms with E-state index in [9.17, 15) is 9.90 Å². The number of carbonyl (C=O) groups excluding carboxylic acids is 1. The first-order chi connectivity index (χ1) is 9.06. The number of phenols is 1. The van der Waals surface area contributed by atoms with Crippen LogP contribution in [0.2, 0.25) is 0 Å². The lowest BCUT2D eigenvalue weighted by Crippen LogP contribution is -1.97. The normalized spacial score (nSPS) is 15.7. The van der Waals surface area contributed by atoms with Gasteiger partial charge < -0.3 is 14.3 Å². The molecule has 1 aliphatic heterocycles. The summed E-state index contributed by atoms with van der Waals surface area (Å²) in [4.78, 5) is 12.2. The number of aromatic hydroxyl groups is 1. The SMILES string of the molecule is Cc1ccc(/C=C2\Oc3c(ccc(O)c3C)C2=O)o1. The molecule has 0 radical (unpaired) electrons. The molecular weight excluding hydrogens is 244 g/mol. The van der Waals surface area contributed by atoms with E-state index in [-0.39, 0.29) is 17.3 Å². The van der Waals surface area contributed by atoms with Crippen molar-refractivity contribution < 1.29 is 19.1 Å². The van der Waals surface area contributed by atoms with Gasteiger partial charge in [-0.05, 0) is 38.1 Å². The van der Waals surface area contributed by atoms with Crippen molar-refractivity contribution in [1.29, 1.82) is 0 Å². The molecule has 0 saturated heterocycles. The molecule has 0 atom stereocenters. The van der Waals surface area contributed by atoms with E-state index in [4.69, 9.17) is 9.15 Å². The highest BCUT2D eigenvalue weighted by atomic mass is 16.5. The minimum Gasteiger partial charge on any atom is -0.508 e. The second-order valence-electron chi connectivity index (χ2n) is 4.47. The van der Waals surface area contributed by atoms with Crippen LogP contribution in [-0.2, 0) is 0 Å². The third-order valence-corrected chi connectivity index (χ3v) is 3.09. The van der Waals surface area contributed by atoms with Crippen LogP contribution in [0.15, 0.2) is 34.4 Å². The number of hydrogen-bond donors (Lipinski definition) is 1. The van der Waals surface area contributed by atoms with E-state index in [1.54, 1.807) is 25.1 Å². The van der Waals surface area contributed by atoms with Gasteiger partial charge in [-0.1, -0.05) is 0 Å². The van der Waals surface area contributed by atoms with Gasteiger partial charge in [0.05, 0.1) is 5.56 Å². The van der Waals surface area contributed by atoms with Gasteiger partial charge in [-0.3, -0.25) is 4.79 Å². The molecule has 0 spiro atoms. The highest BCUT2D eigenvalue weighted by Crippen LogP contribution is 2.38. The molecule has 1 aromatic heterocycles. The second kappa shape index (κ2) is 4.02. The zero-order valence-corrected chi connectivity index (χ0v) is 10.6. The quantitative estimate of drug-likeness (QED) is 0.796. The number of aryl methyl sites for hydroxylation is 1. The van der Waals surface area contributed by atoms with Crippen molar-refractivity contribution in [2.75, 3.05) is 0 Å². The number of rotatable bonds is 1. The van der Waals surface area contributed by atoms with Crippen LogP contribution in [-0.4, -0.2) is 10.9 Å². The summed E-state index contributed by atoms with van der Waals surface area (Å²) in [6, 6.07) is 6.64. The number of ketones is 1. The maximum absolute atomic E-state index is 12.2. The first kappa shape index (κ1) is 11.6. The Morgan fingerprint density at radius 3 is 2.63 bits per heavy atom. The Morgan fingerprint density at radius 1 is 1.16 bits per heavy atom. The number of phenolic OH excluding ortho intramolecular Hbond substituents is 1. The summed E-state index contributed by atoms with van der Waals surface area (Å²) in [7, 11) is 0. The maximum atomic E-state index is 12.2. The third kappa shape index (κ3) is 1.81. The Morgan fingerprint density at radius 2 is 1.95 bits per heavy atom. The van der Waals surface area contributed by atoms with Crippen LogP contribution in [0, 0.1) is 13.8 Å². The van der Waals surface area contributed by atoms with Gasteiger partial charge >= 0.3 is 0 Å². The van der Waals surface area contributed by atoms with E-state index in [1.807, 2.05) is 13.0 Å². The van der Waals surface area contributed by atoms with Gasteiger partial charge in [0.1, 0.15) is 23.0 Å². The fourth-order valence-corrected chi connectivity index (χ4v) is 2.04. The number of furan rings is 1. The largest absolute Gasteiger partial charge is 0.508 e.